The molecule has 0 amide bonds. The molecular formula is C6H13AgNO5. The summed E-state index contributed by atoms with van der Waals surface area (Å²) < 4.78 is 4.70. The van der Waals surface area contributed by atoms with Crippen molar-refractivity contribution in [3.63, 3.8) is 0 Å². The van der Waals surface area contributed by atoms with Gasteiger partial charge in [-0.3, -0.25) is 0 Å². The molecule has 1 aliphatic rings. The first-order valence-electron chi connectivity index (χ1n) is 3.64. The van der Waals surface area contributed by atoms with Gasteiger partial charge in [-0.2, -0.15) is 0 Å². The van der Waals surface area contributed by atoms with E-state index in [9.17, 15) is 10.2 Å². The van der Waals surface area contributed by atoms with E-state index >= 15 is 0 Å². The van der Waals surface area contributed by atoms with Gasteiger partial charge in [0.05, 0.1) is 12.6 Å². The largest absolute Gasteiger partial charge is 0.394 e. The van der Waals surface area contributed by atoms with Crippen LogP contribution in [-0.2, 0) is 27.1 Å². The first kappa shape index (κ1) is 13.5. The summed E-state index contributed by atoms with van der Waals surface area (Å²) in [5, 5.41) is 36.1. The fourth-order valence-corrected chi connectivity index (χ4v) is 1.12. The summed E-state index contributed by atoms with van der Waals surface area (Å²) in [6, 6.07) is -1.04. The summed E-state index contributed by atoms with van der Waals surface area (Å²) in [6.45, 7) is -0.470. The predicted molar refractivity (Wildman–Crippen MR) is 38.0 cm³/mol. The van der Waals surface area contributed by atoms with Crippen LogP contribution in [0.1, 0.15) is 0 Å². The average molecular weight is 287 g/mol. The molecule has 6 N–H and O–H groups in total. The van der Waals surface area contributed by atoms with E-state index in [-0.39, 0.29) is 22.4 Å². The monoisotopic (exact) mass is 286 g/mol. The zero-order chi connectivity index (χ0) is 9.30. The second kappa shape index (κ2) is 5.40. The molecule has 1 saturated heterocycles. The average Bonchev–Trinajstić information content (AvgIpc) is 2.08. The van der Waals surface area contributed by atoms with Crippen LogP contribution in [0.15, 0.2) is 0 Å². The maximum absolute atomic E-state index is 9.20. The molecule has 1 unspecified atom stereocenters. The Morgan fingerprint density at radius 2 is 1.69 bits per heavy atom. The quantitative estimate of drug-likeness (QED) is 0.323. The van der Waals surface area contributed by atoms with Crippen molar-refractivity contribution in [3.8, 4) is 0 Å². The molecule has 0 aromatic heterocycles. The Bertz CT molecular complexity index is 155. The van der Waals surface area contributed by atoms with Crippen LogP contribution in [0.2, 0.25) is 0 Å². The minimum Gasteiger partial charge on any atom is -0.394 e. The number of hydrogen-bond donors (Lipinski definition) is 5. The van der Waals surface area contributed by atoms with Crippen LogP contribution in [0.4, 0.5) is 0 Å². The molecule has 0 bridgehead atoms. The van der Waals surface area contributed by atoms with Crippen molar-refractivity contribution >= 4 is 0 Å². The second-order valence-corrected chi connectivity index (χ2v) is 2.81. The summed E-state index contributed by atoms with van der Waals surface area (Å²) in [5.41, 5.74) is 5.26. The van der Waals surface area contributed by atoms with Gasteiger partial charge in [0, 0.05) is 22.4 Å². The predicted octanol–water partition coefficient (Wildman–Crippen LogP) is -3.26. The Labute approximate surface area is 90.8 Å². The molecule has 6 nitrogen and oxygen atoms in total. The summed E-state index contributed by atoms with van der Waals surface area (Å²) in [5.74, 6) is 0. The molecule has 0 spiro atoms. The standard InChI is InChI=1S/C6H13NO5.Ag/c7-3-5(10)4(9)2(1-8)12-6(3)11;/h2-6,8-11H,1,7H2;/t2-,3-,4-,5-,6?;/m1./s1. The van der Waals surface area contributed by atoms with E-state index < -0.39 is 37.3 Å². The Hall–Kier alpha value is 0.500. The maximum Gasteiger partial charge on any atom is 0.173 e. The topological polar surface area (TPSA) is 116 Å². The number of aliphatic hydroxyl groups excluding tert-OH is 4. The van der Waals surface area contributed by atoms with Crippen molar-refractivity contribution in [2.45, 2.75) is 30.6 Å². The van der Waals surface area contributed by atoms with E-state index in [1.165, 1.54) is 0 Å². The van der Waals surface area contributed by atoms with Gasteiger partial charge in [-0.1, -0.05) is 0 Å². The normalized spacial score (nSPS) is 45.5. The second-order valence-electron chi connectivity index (χ2n) is 2.81. The van der Waals surface area contributed by atoms with Gasteiger partial charge in [-0.15, -0.1) is 0 Å². The van der Waals surface area contributed by atoms with Gasteiger partial charge < -0.3 is 30.9 Å². The fraction of sp³-hybridized carbons (Fsp3) is 1.00. The molecule has 0 saturated carbocycles. The van der Waals surface area contributed by atoms with Gasteiger partial charge in [0.15, 0.2) is 6.29 Å². The van der Waals surface area contributed by atoms with Crippen LogP contribution in [-0.4, -0.2) is 57.7 Å². The van der Waals surface area contributed by atoms with Gasteiger partial charge in [-0.05, 0) is 0 Å². The number of nitrogens with two attached hydrogens (primary N) is 1. The number of ether oxygens (including phenoxy) is 1. The number of hydrogen-bond acceptors (Lipinski definition) is 6. The third kappa shape index (κ3) is 2.72. The SMILES string of the molecule is N[C@H]1C(O)O[C@H](CO)[C@@H](O)[C@@H]1O.[Ag]. The van der Waals surface area contributed by atoms with E-state index in [1.807, 2.05) is 0 Å². The Balaban J connectivity index is 0.00000144. The third-order valence-corrected chi connectivity index (χ3v) is 1.95. The molecule has 1 aliphatic heterocycles. The van der Waals surface area contributed by atoms with E-state index in [0.717, 1.165) is 0 Å². The van der Waals surface area contributed by atoms with Crippen LogP contribution in [0.5, 0.6) is 0 Å². The van der Waals surface area contributed by atoms with Crippen molar-refractivity contribution in [3.05, 3.63) is 0 Å². The zero-order valence-electron chi connectivity index (χ0n) is 6.67. The van der Waals surface area contributed by atoms with Crippen molar-refractivity contribution in [2.75, 3.05) is 6.61 Å². The van der Waals surface area contributed by atoms with Gasteiger partial charge in [-0.25, -0.2) is 0 Å². The minimum absolute atomic E-state index is 0. The first-order chi connectivity index (χ1) is 5.57. The third-order valence-electron chi connectivity index (χ3n) is 1.95. The maximum atomic E-state index is 9.20. The molecule has 83 valence electrons. The molecule has 1 radical (unpaired) electrons. The van der Waals surface area contributed by atoms with Crippen molar-refractivity contribution in [2.24, 2.45) is 5.73 Å². The smallest absolute Gasteiger partial charge is 0.173 e. The van der Waals surface area contributed by atoms with Gasteiger partial charge in [0.1, 0.15) is 18.3 Å². The zero-order valence-corrected chi connectivity index (χ0v) is 8.15. The van der Waals surface area contributed by atoms with E-state index in [4.69, 9.17) is 20.7 Å². The molecule has 1 rings (SSSR count). The molecule has 0 aromatic rings. The molecule has 7 heteroatoms. The Morgan fingerprint density at radius 1 is 1.15 bits per heavy atom. The molecule has 0 aromatic carbocycles. The molecule has 5 atom stereocenters. The van der Waals surface area contributed by atoms with E-state index in [1.54, 1.807) is 0 Å². The van der Waals surface area contributed by atoms with Gasteiger partial charge >= 0.3 is 0 Å². The fourth-order valence-electron chi connectivity index (χ4n) is 1.12. The molecular weight excluding hydrogens is 274 g/mol. The van der Waals surface area contributed by atoms with Gasteiger partial charge in [0.25, 0.3) is 0 Å². The van der Waals surface area contributed by atoms with Crippen LogP contribution in [0.3, 0.4) is 0 Å². The summed E-state index contributed by atoms with van der Waals surface area (Å²) >= 11 is 0. The van der Waals surface area contributed by atoms with Crippen LogP contribution < -0.4 is 5.73 Å². The summed E-state index contributed by atoms with van der Waals surface area (Å²) in [7, 11) is 0. The van der Waals surface area contributed by atoms with Crippen LogP contribution in [0.25, 0.3) is 0 Å². The summed E-state index contributed by atoms with van der Waals surface area (Å²) in [4.78, 5) is 0. The number of rotatable bonds is 1. The first-order valence-corrected chi connectivity index (χ1v) is 3.64. The molecule has 13 heavy (non-hydrogen) atoms. The Kier molecular flexibility index (Phi) is 5.61. The van der Waals surface area contributed by atoms with Crippen molar-refractivity contribution < 1.29 is 47.5 Å². The van der Waals surface area contributed by atoms with E-state index in [2.05, 4.69) is 0 Å². The van der Waals surface area contributed by atoms with Crippen molar-refractivity contribution in [1.29, 1.82) is 0 Å². The molecule has 1 heterocycles. The van der Waals surface area contributed by atoms with Crippen LogP contribution >= 0.6 is 0 Å². The Morgan fingerprint density at radius 3 is 2.15 bits per heavy atom. The molecule has 0 aliphatic carbocycles. The molecule has 1 fully saturated rings. The van der Waals surface area contributed by atoms with Crippen molar-refractivity contribution in [1.82, 2.24) is 0 Å². The summed E-state index contributed by atoms with van der Waals surface area (Å²) in [6.07, 6.45) is -4.85. The number of aliphatic hydroxyl groups is 4. The van der Waals surface area contributed by atoms with E-state index in [0.29, 0.717) is 0 Å². The van der Waals surface area contributed by atoms with Gasteiger partial charge in [0.2, 0.25) is 0 Å². The minimum atomic E-state index is -1.35. The van der Waals surface area contributed by atoms with Crippen LogP contribution in [0, 0.1) is 0 Å².